The first kappa shape index (κ1) is 35.2. The van der Waals surface area contributed by atoms with E-state index in [1.54, 1.807) is 0 Å². The molecular formula is C32H60F2. The molecule has 0 bridgehead atoms. The molecule has 0 heterocycles. The maximum Gasteiger partial charge on any atom is 0.126 e. The van der Waals surface area contributed by atoms with E-state index in [4.69, 9.17) is 0 Å². The topological polar surface area (TPSA) is 0 Å². The summed E-state index contributed by atoms with van der Waals surface area (Å²) in [4.78, 5) is 0. The fourth-order valence-corrected chi connectivity index (χ4v) is 3.19. The molecule has 1 saturated carbocycles. The Balaban J connectivity index is 0. The van der Waals surface area contributed by atoms with Crippen LogP contribution in [0.3, 0.4) is 0 Å². The van der Waals surface area contributed by atoms with E-state index >= 15 is 0 Å². The molecular weight excluding hydrogens is 422 g/mol. The van der Waals surface area contributed by atoms with Crippen molar-refractivity contribution in [3.63, 3.8) is 0 Å². The molecule has 2 heteroatoms. The van der Waals surface area contributed by atoms with E-state index < -0.39 is 0 Å². The molecule has 1 aliphatic rings. The van der Waals surface area contributed by atoms with Crippen LogP contribution < -0.4 is 0 Å². The van der Waals surface area contributed by atoms with Crippen molar-refractivity contribution in [2.45, 2.75) is 142 Å². The average Bonchev–Trinajstić information content (AvgIpc) is 3.39. The first-order valence-electron chi connectivity index (χ1n) is 13.5. The molecule has 2 rings (SSSR count). The van der Waals surface area contributed by atoms with Crippen molar-refractivity contribution in [3.8, 4) is 0 Å². The third kappa shape index (κ3) is 27.3. The summed E-state index contributed by atoms with van der Waals surface area (Å²) in [6.45, 7) is 31.0. The zero-order valence-corrected chi connectivity index (χ0v) is 25.5. The Bertz CT molecular complexity index is 642. The van der Waals surface area contributed by atoms with Crippen molar-refractivity contribution in [2.24, 2.45) is 27.6 Å². The van der Waals surface area contributed by atoms with Gasteiger partial charge in [0.1, 0.15) is 11.6 Å². The molecule has 202 valence electrons. The smallest absolute Gasteiger partial charge is 0.126 e. The van der Waals surface area contributed by atoms with Crippen LogP contribution >= 0.6 is 0 Å². The molecule has 0 atom stereocenters. The molecule has 0 saturated heterocycles. The highest BCUT2D eigenvalue weighted by atomic mass is 19.1. The van der Waals surface area contributed by atoms with E-state index in [1.165, 1.54) is 50.7 Å². The maximum atomic E-state index is 13.1. The number of benzene rings is 1. The zero-order chi connectivity index (χ0) is 27.4. The average molecular weight is 483 g/mol. The summed E-state index contributed by atoms with van der Waals surface area (Å²) in [5.74, 6) is 0.395. The van der Waals surface area contributed by atoms with Crippen molar-refractivity contribution in [1.82, 2.24) is 0 Å². The Morgan fingerprint density at radius 3 is 1.41 bits per heavy atom. The van der Waals surface area contributed by atoms with Crippen LogP contribution in [0.1, 0.15) is 141 Å². The normalized spacial score (nSPS) is 14.1. The van der Waals surface area contributed by atoms with Gasteiger partial charge in [-0.1, -0.05) is 123 Å². The lowest BCUT2D eigenvalue weighted by Gasteiger charge is -2.18. The minimum atomic E-state index is -0.374. The van der Waals surface area contributed by atoms with E-state index in [-0.39, 0.29) is 17.0 Å². The highest BCUT2D eigenvalue weighted by Crippen LogP contribution is 2.39. The fraction of sp³-hybridized carbons (Fsp3) is 0.812. The van der Waals surface area contributed by atoms with Gasteiger partial charge in [0, 0.05) is 0 Å². The van der Waals surface area contributed by atoms with Gasteiger partial charge < -0.3 is 0 Å². The number of hydrogen-bond donors (Lipinski definition) is 0. The van der Waals surface area contributed by atoms with Crippen molar-refractivity contribution >= 4 is 0 Å². The molecule has 1 aromatic carbocycles. The van der Waals surface area contributed by atoms with Crippen LogP contribution in [0.15, 0.2) is 18.2 Å². The summed E-state index contributed by atoms with van der Waals surface area (Å²) >= 11 is 0. The van der Waals surface area contributed by atoms with Gasteiger partial charge in [-0.2, -0.15) is 0 Å². The molecule has 0 radical (unpaired) electrons. The lowest BCUT2D eigenvalue weighted by atomic mass is 9.88. The second kappa shape index (κ2) is 15.2. The van der Waals surface area contributed by atoms with E-state index in [2.05, 4.69) is 76.2 Å². The zero-order valence-electron chi connectivity index (χ0n) is 25.5. The quantitative estimate of drug-likeness (QED) is 0.402. The van der Waals surface area contributed by atoms with Crippen LogP contribution in [0.4, 0.5) is 8.78 Å². The summed E-state index contributed by atoms with van der Waals surface area (Å²) in [6, 6.07) is 3.58. The molecule has 0 spiro atoms. The SMILES string of the molecule is CC(C)(C)CC1CC1.CC(C)(C)Cc1cc(F)ccc1F.CCC(C)(C)C.CCCC(C)(C)C. The van der Waals surface area contributed by atoms with E-state index in [0.717, 1.165) is 12.0 Å². The summed E-state index contributed by atoms with van der Waals surface area (Å²) < 4.78 is 25.9. The van der Waals surface area contributed by atoms with Gasteiger partial charge in [0.15, 0.2) is 0 Å². The second-order valence-corrected chi connectivity index (χ2v) is 14.9. The van der Waals surface area contributed by atoms with Gasteiger partial charge in [-0.25, -0.2) is 8.78 Å². The van der Waals surface area contributed by atoms with Crippen LogP contribution in [0.25, 0.3) is 0 Å². The Morgan fingerprint density at radius 1 is 0.706 bits per heavy atom. The molecule has 0 aromatic heterocycles. The number of rotatable bonds is 3. The standard InChI is InChI=1S/C11H14F2.C8H16.C7H16.C6H14/c1-11(2,3)7-8-6-9(12)4-5-10(8)13;1-8(2,3)6-7-4-5-7;1-5-6-7(2,3)4;1-5-6(2,3)4/h4-6H,7H2,1-3H3;7H,4-6H2,1-3H3;5-6H2,1-4H3;5H2,1-4H3. The van der Waals surface area contributed by atoms with Gasteiger partial charge in [-0.15, -0.1) is 0 Å². The van der Waals surface area contributed by atoms with Crippen molar-refractivity contribution in [3.05, 3.63) is 35.4 Å². The highest BCUT2D eigenvalue weighted by molar-refractivity contribution is 5.19. The van der Waals surface area contributed by atoms with Crippen LogP contribution in [0.2, 0.25) is 0 Å². The van der Waals surface area contributed by atoms with Gasteiger partial charge in [0.25, 0.3) is 0 Å². The van der Waals surface area contributed by atoms with Crippen molar-refractivity contribution in [1.29, 1.82) is 0 Å². The van der Waals surface area contributed by atoms with Crippen LogP contribution in [-0.2, 0) is 6.42 Å². The second-order valence-electron chi connectivity index (χ2n) is 14.9. The molecule has 0 nitrogen and oxygen atoms in total. The third-order valence-corrected chi connectivity index (χ3v) is 5.39. The first-order chi connectivity index (χ1) is 15.1. The van der Waals surface area contributed by atoms with Gasteiger partial charge in [-0.05, 0) is 70.6 Å². The van der Waals surface area contributed by atoms with E-state index in [9.17, 15) is 8.78 Å². The molecule has 1 aromatic rings. The van der Waals surface area contributed by atoms with Crippen LogP contribution in [0.5, 0.6) is 0 Å². The van der Waals surface area contributed by atoms with Gasteiger partial charge >= 0.3 is 0 Å². The van der Waals surface area contributed by atoms with Crippen molar-refractivity contribution in [2.75, 3.05) is 0 Å². The van der Waals surface area contributed by atoms with Crippen LogP contribution in [0, 0.1) is 39.2 Å². The minimum Gasteiger partial charge on any atom is -0.207 e. The molecule has 34 heavy (non-hydrogen) atoms. The lowest BCUT2D eigenvalue weighted by Crippen LogP contribution is -2.10. The monoisotopic (exact) mass is 482 g/mol. The largest absolute Gasteiger partial charge is 0.207 e. The summed E-state index contributed by atoms with van der Waals surface area (Å²) in [6.07, 6.45) is 8.90. The minimum absolute atomic E-state index is 0.0192. The fourth-order valence-electron chi connectivity index (χ4n) is 3.19. The third-order valence-electron chi connectivity index (χ3n) is 5.39. The first-order valence-corrected chi connectivity index (χ1v) is 13.5. The van der Waals surface area contributed by atoms with Gasteiger partial charge in [0.2, 0.25) is 0 Å². The van der Waals surface area contributed by atoms with Crippen LogP contribution in [-0.4, -0.2) is 0 Å². The van der Waals surface area contributed by atoms with Gasteiger partial charge in [-0.3, -0.25) is 0 Å². The number of halogens is 2. The number of hydrogen-bond acceptors (Lipinski definition) is 0. The predicted octanol–water partition coefficient (Wildman–Crippen LogP) is 11.7. The molecule has 0 amide bonds. The molecule has 0 unspecified atom stereocenters. The molecule has 1 fully saturated rings. The van der Waals surface area contributed by atoms with Gasteiger partial charge in [0.05, 0.1) is 0 Å². The van der Waals surface area contributed by atoms with E-state index in [1.807, 2.05) is 20.8 Å². The lowest BCUT2D eigenvalue weighted by molar-refractivity contribution is 0.354. The summed E-state index contributed by atoms with van der Waals surface area (Å²) in [7, 11) is 0. The van der Waals surface area contributed by atoms with Crippen molar-refractivity contribution < 1.29 is 8.78 Å². The predicted molar refractivity (Wildman–Crippen MR) is 150 cm³/mol. The molecule has 1 aliphatic carbocycles. The Kier molecular flexibility index (Phi) is 15.8. The Labute approximate surface area is 213 Å². The molecule has 0 N–H and O–H groups in total. The Morgan fingerprint density at radius 2 is 1.18 bits per heavy atom. The highest BCUT2D eigenvalue weighted by Gasteiger charge is 2.26. The Hall–Kier alpha value is -0.920. The molecule has 0 aliphatic heterocycles. The van der Waals surface area contributed by atoms with E-state index in [0.29, 0.717) is 28.2 Å². The summed E-state index contributed by atoms with van der Waals surface area (Å²) in [5, 5.41) is 0. The maximum absolute atomic E-state index is 13.1. The summed E-state index contributed by atoms with van der Waals surface area (Å²) in [5.41, 5.74) is 2.11.